The van der Waals surface area contributed by atoms with Gasteiger partial charge < -0.3 is 19.0 Å². The van der Waals surface area contributed by atoms with Gasteiger partial charge in [0.25, 0.3) is 0 Å². The van der Waals surface area contributed by atoms with Crippen molar-refractivity contribution in [1.29, 1.82) is 0 Å². The van der Waals surface area contributed by atoms with Gasteiger partial charge in [-0.25, -0.2) is 23.6 Å². The second-order valence-corrected chi connectivity index (χ2v) is 6.10. The number of fused-ring (bicyclic) bond motifs is 3. The molecule has 0 aliphatic carbocycles. The summed E-state index contributed by atoms with van der Waals surface area (Å²) in [6.07, 6.45) is 0. The number of hydrogen-bond acceptors (Lipinski definition) is 6. The van der Waals surface area contributed by atoms with E-state index in [1.807, 2.05) is 0 Å². The number of carbonyl (C=O) groups is 2. The first-order valence-electron chi connectivity index (χ1n) is 8.07. The maximum atomic E-state index is 13.7. The highest BCUT2D eigenvalue weighted by molar-refractivity contribution is 6.11. The highest BCUT2D eigenvalue weighted by Crippen LogP contribution is 2.34. The fraction of sp³-hybridized carbons (Fsp3) is 0. The van der Waals surface area contributed by atoms with Crippen molar-refractivity contribution in [2.45, 2.75) is 0 Å². The molecule has 2 aromatic carbocycles. The summed E-state index contributed by atoms with van der Waals surface area (Å²) in [5.74, 6) is -3.65. The number of hydrogen-bond donors (Lipinski definition) is 2. The van der Waals surface area contributed by atoms with Gasteiger partial charge in [-0.3, -0.25) is 0 Å². The molecular weight excluding hydrogens is 387 g/mol. The third kappa shape index (κ3) is 2.94. The van der Waals surface area contributed by atoms with Crippen molar-refractivity contribution in [3.63, 3.8) is 0 Å². The van der Waals surface area contributed by atoms with E-state index in [2.05, 4.69) is 0 Å². The zero-order chi connectivity index (χ0) is 20.9. The number of aromatic carboxylic acids is 2. The van der Waals surface area contributed by atoms with Crippen molar-refractivity contribution in [2.24, 2.45) is 0 Å². The summed E-state index contributed by atoms with van der Waals surface area (Å²) in [5, 5.41) is 18.5. The molecule has 9 heteroatoms. The van der Waals surface area contributed by atoms with Gasteiger partial charge in [0.2, 0.25) is 0 Å². The van der Waals surface area contributed by atoms with Crippen LogP contribution in [0.1, 0.15) is 20.7 Å². The molecule has 4 rings (SSSR count). The Hall–Kier alpha value is -4.27. The zero-order valence-corrected chi connectivity index (χ0v) is 14.3. The van der Waals surface area contributed by atoms with Gasteiger partial charge >= 0.3 is 23.2 Å². The number of benzene rings is 2. The maximum Gasteiger partial charge on any atom is 0.351 e. The van der Waals surface area contributed by atoms with Gasteiger partial charge in [-0.05, 0) is 35.9 Å². The van der Waals surface area contributed by atoms with Crippen LogP contribution in [0.25, 0.3) is 33.1 Å². The Morgan fingerprint density at radius 2 is 1.45 bits per heavy atom. The van der Waals surface area contributed by atoms with Gasteiger partial charge in [0.1, 0.15) is 28.1 Å². The minimum Gasteiger partial charge on any atom is -0.477 e. The minimum atomic E-state index is -1.56. The smallest absolute Gasteiger partial charge is 0.351 e. The van der Waals surface area contributed by atoms with Crippen LogP contribution in [-0.4, -0.2) is 22.2 Å². The summed E-state index contributed by atoms with van der Waals surface area (Å²) in [4.78, 5) is 46.7. The number of rotatable bonds is 3. The van der Waals surface area contributed by atoms with Crippen molar-refractivity contribution in [3.05, 3.63) is 80.2 Å². The minimum absolute atomic E-state index is 0.0483. The Labute approximate surface area is 159 Å². The molecule has 0 atom stereocenters. The Bertz CT molecular complexity index is 1460. The first-order chi connectivity index (χ1) is 13.8. The molecule has 2 N–H and O–H groups in total. The molecule has 0 unspecified atom stereocenters. The van der Waals surface area contributed by atoms with Crippen LogP contribution >= 0.6 is 0 Å². The summed E-state index contributed by atoms with van der Waals surface area (Å²) in [6, 6.07) is 8.68. The summed E-state index contributed by atoms with van der Waals surface area (Å²) in [5.41, 5.74) is -3.49. The maximum absolute atomic E-state index is 13.7. The second kappa shape index (κ2) is 6.41. The summed E-state index contributed by atoms with van der Waals surface area (Å²) in [7, 11) is 0. The molecule has 0 saturated heterocycles. The Morgan fingerprint density at radius 3 is 2.07 bits per heavy atom. The molecule has 0 fully saturated rings. The first-order valence-corrected chi connectivity index (χ1v) is 8.07. The summed E-state index contributed by atoms with van der Waals surface area (Å²) >= 11 is 0. The quantitative estimate of drug-likeness (QED) is 0.398. The molecule has 0 bridgehead atoms. The van der Waals surface area contributed by atoms with E-state index in [1.165, 1.54) is 24.3 Å². The van der Waals surface area contributed by atoms with Crippen LogP contribution in [-0.2, 0) is 0 Å². The SMILES string of the molecule is O=C(O)c1cc2c(oc1=O)c(-c1cccc(F)c1)cc1cc(C(=O)O)c(=O)oc12. The van der Waals surface area contributed by atoms with Crippen molar-refractivity contribution < 1.29 is 33.0 Å². The van der Waals surface area contributed by atoms with E-state index in [0.717, 1.165) is 18.2 Å². The molecule has 8 nitrogen and oxygen atoms in total. The molecule has 2 heterocycles. The van der Waals surface area contributed by atoms with E-state index in [1.54, 1.807) is 0 Å². The van der Waals surface area contributed by atoms with Gasteiger partial charge in [-0.2, -0.15) is 0 Å². The Morgan fingerprint density at radius 1 is 0.828 bits per heavy atom. The highest BCUT2D eigenvalue weighted by atomic mass is 19.1. The lowest BCUT2D eigenvalue weighted by Gasteiger charge is -2.10. The zero-order valence-electron chi connectivity index (χ0n) is 14.3. The number of carboxylic acid groups (broad SMARTS) is 2. The third-order valence-electron chi connectivity index (χ3n) is 4.31. The van der Waals surface area contributed by atoms with E-state index in [4.69, 9.17) is 13.9 Å². The van der Waals surface area contributed by atoms with Gasteiger partial charge in [-0.15, -0.1) is 0 Å². The monoisotopic (exact) mass is 396 g/mol. The van der Waals surface area contributed by atoms with Crippen molar-refractivity contribution in [2.75, 3.05) is 0 Å². The molecule has 144 valence electrons. The largest absolute Gasteiger partial charge is 0.477 e. The topological polar surface area (TPSA) is 135 Å². The highest BCUT2D eigenvalue weighted by Gasteiger charge is 2.21. The molecule has 0 amide bonds. The van der Waals surface area contributed by atoms with Gasteiger partial charge in [0.15, 0.2) is 0 Å². The lowest BCUT2D eigenvalue weighted by Crippen LogP contribution is -2.14. The molecule has 29 heavy (non-hydrogen) atoms. The van der Waals surface area contributed by atoms with E-state index in [0.29, 0.717) is 0 Å². The fourth-order valence-electron chi connectivity index (χ4n) is 3.03. The van der Waals surface area contributed by atoms with Crippen LogP contribution in [0.2, 0.25) is 0 Å². The van der Waals surface area contributed by atoms with Crippen molar-refractivity contribution in [1.82, 2.24) is 0 Å². The van der Waals surface area contributed by atoms with Crippen LogP contribution < -0.4 is 11.3 Å². The predicted octanol–water partition coefficient (Wildman–Crippen LogP) is 3.10. The van der Waals surface area contributed by atoms with Crippen molar-refractivity contribution >= 4 is 33.9 Å². The molecule has 0 aliphatic rings. The lowest BCUT2D eigenvalue weighted by atomic mass is 9.98. The molecule has 0 spiro atoms. The standard InChI is InChI=1S/C20H9FO8/c21-10-3-1-2-8(4-10)11-5-9-6-13(17(22)23)19(26)28-15(9)12-7-14(18(24)25)20(27)29-16(11)12/h1-7H,(H,22,23)(H,24,25). The number of halogens is 1. The Balaban J connectivity index is 2.24. The van der Waals surface area contributed by atoms with Gasteiger partial charge in [0, 0.05) is 10.9 Å². The van der Waals surface area contributed by atoms with Crippen LogP contribution in [0.5, 0.6) is 0 Å². The summed E-state index contributed by atoms with van der Waals surface area (Å²) in [6.45, 7) is 0. The van der Waals surface area contributed by atoms with Crippen LogP contribution in [0.3, 0.4) is 0 Å². The van der Waals surface area contributed by atoms with E-state index >= 15 is 0 Å². The predicted molar refractivity (Wildman–Crippen MR) is 97.8 cm³/mol. The molecule has 4 aromatic rings. The second-order valence-electron chi connectivity index (χ2n) is 6.10. The number of carboxylic acids is 2. The molecule has 0 aliphatic heterocycles. The van der Waals surface area contributed by atoms with Crippen molar-refractivity contribution in [3.8, 4) is 11.1 Å². The van der Waals surface area contributed by atoms with Gasteiger partial charge in [-0.1, -0.05) is 12.1 Å². The fourth-order valence-corrected chi connectivity index (χ4v) is 3.03. The molecular formula is C20H9FO8. The van der Waals surface area contributed by atoms with E-state index < -0.39 is 40.1 Å². The van der Waals surface area contributed by atoms with Gasteiger partial charge in [0.05, 0.1) is 5.39 Å². The normalized spacial score (nSPS) is 11.1. The molecule has 2 aromatic heterocycles. The first kappa shape index (κ1) is 18.1. The van der Waals surface area contributed by atoms with E-state index in [9.17, 15) is 28.7 Å². The van der Waals surface area contributed by atoms with Crippen LogP contribution in [0, 0.1) is 5.82 Å². The average Bonchev–Trinajstić information content (AvgIpc) is 2.66. The third-order valence-corrected chi connectivity index (χ3v) is 4.31. The molecule has 0 radical (unpaired) electrons. The van der Waals surface area contributed by atoms with E-state index in [-0.39, 0.29) is 33.1 Å². The average molecular weight is 396 g/mol. The molecule has 0 saturated carbocycles. The lowest BCUT2D eigenvalue weighted by molar-refractivity contribution is 0.0681. The Kier molecular flexibility index (Phi) is 4.00. The van der Waals surface area contributed by atoms with Crippen LogP contribution in [0.4, 0.5) is 4.39 Å². The summed E-state index contributed by atoms with van der Waals surface area (Å²) < 4.78 is 24.0. The van der Waals surface area contributed by atoms with Crippen LogP contribution in [0.15, 0.2) is 60.9 Å².